The summed E-state index contributed by atoms with van der Waals surface area (Å²) in [6.45, 7) is 2.11. The number of fused-ring (bicyclic) bond motifs is 1. The van der Waals surface area contributed by atoms with Crippen molar-refractivity contribution in [3.63, 3.8) is 0 Å². The number of rotatable bonds is 3. The molecule has 0 spiro atoms. The Morgan fingerprint density at radius 2 is 1.75 bits per heavy atom. The molecule has 2 N–H and O–H groups in total. The lowest BCUT2D eigenvalue weighted by Gasteiger charge is -2.09. The fourth-order valence-corrected chi connectivity index (χ4v) is 3.42. The van der Waals surface area contributed by atoms with Crippen LogP contribution in [-0.4, -0.2) is 0 Å². The smallest absolute Gasteiger partial charge is 0.0317 e. The molecular weight excluding hydrogens is 262 g/mol. The lowest BCUT2D eigenvalue weighted by molar-refractivity contribution is 1.29. The highest BCUT2D eigenvalue weighted by molar-refractivity contribution is 7.98. The third kappa shape index (κ3) is 2.66. The molecule has 3 rings (SSSR count). The van der Waals surface area contributed by atoms with E-state index in [1.807, 2.05) is 23.9 Å². The summed E-state index contributed by atoms with van der Waals surface area (Å²) in [6.07, 6.45) is 0. The normalized spacial score (nSPS) is 10.8. The Hall–Kier alpha value is -1.93. The highest BCUT2D eigenvalue weighted by Crippen LogP contribution is 2.30. The van der Waals surface area contributed by atoms with Gasteiger partial charge in [-0.1, -0.05) is 42.5 Å². The van der Waals surface area contributed by atoms with Crippen LogP contribution in [0.15, 0.2) is 65.6 Å². The third-order valence-corrected chi connectivity index (χ3v) is 4.69. The first kappa shape index (κ1) is 13.1. The van der Waals surface area contributed by atoms with Gasteiger partial charge in [0.25, 0.3) is 0 Å². The van der Waals surface area contributed by atoms with Crippen LogP contribution in [0.3, 0.4) is 0 Å². The van der Waals surface area contributed by atoms with Crippen LogP contribution in [-0.2, 0) is 5.75 Å². The van der Waals surface area contributed by atoms with E-state index in [1.165, 1.54) is 26.8 Å². The molecule has 3 aromatic carbocycles. The maximum Gasteiger partial charge on any atom is 0.0317 e. The predicted molar refractivity (Wildman–Crippen MR) is 89.1 cm³/mol. The van der Waals surface area contributed by atoms with E-state index < -0.39 is 0 Å². The van der Waals surface area contributed by atoms with Crippen LogP contribution in [0, 0.1) is 6.92 Å². The SMILES string of the molecule is Cc1cc(N)ccc1SCc1cccc2ccccc12. The Bertz CT molecular complexity index is 744. The summed E-state index contributed by atoms with van der Waals surface area (Å²) in [5.41, 5.74) is 9.26. The van der Waals surface area contributed by atoms with Crippen LogP contribution in [0.2, 0.25) is 0 Å². The van der Waals surface area contributed by atoms with Gasteiger partial charge in [0.15, 0.2) is 0 Å². The number of anilines is 1. The highest BCUT2D eigenvalue weighted by Gasteiger charge is 2.03. The van der Waals surface area contributed by atoms with Crippen molar-refractivity contribution in [1.29, 1.82) is 0 Å². The summed E-state index contributed by atoms with van der Waals surface area (Å²) < 4.78 is 0. The van der Waals surface area contributed by atoms with Gasteiger partial charge in [0, 0.05) is 16.3 Å². The molecule has 20 heavy (non-hydrogen) atoms. The van der Waals surface area contributed by atoms with Gasteiger partial charge in [-0.25, -0.2) is 0 Å². The van der Waals surface area contributed by atoms with Gasteiger partial charge in [-0.15, -0.1) is 11.8 Å². The molecule has 0 unspecified atom stereocenters. The Kier molecular flexibility index (Phi) is 3.66. The van der Waals surface area contributed by atoms with Gasteiger partial charge in [-0.3, -0.25) is 0 Å². The fourth-order valence-electron chi connectivity index (χ4n) is 2.41. The number of nitrogens with two attached hydrogens (primary N) is 1. The maximum atomic E-state index is 5.80. The first-order valence-electron chi connectivity index (χ1n) is 6.69. The Morgan fingerprint density at radius 1 is 0.950 bits per heavy atom. The minimum absolute atomic E-state index is 0.831. The predicted octanol–water partition coefficient (Wildman–Crippen LogP) is 5.02. The molecule has 0 amide bonds. The van der Waals surface area contributed by atoms with Crippen molar-refractivity contribution in [2.45, 2.75) is 17.6 Å². The highest BCUT2D eigenvalue weighted by atomic mass is 32.2. The molecule has 0 atom stereocenters. The van der Waals surface area contributed by atoms with Crippen LogP contribution in [0.5, 0.6) is 0 Å². The summed E-state index contributed by atoms with van der Waals surface area (Å²) in [4.78, 5) is 1.30. The van der Waals surface area contributed by atoms with Crippen molar-refractivity contribution >= 4 is 28.2 Å². The number of hydrogen-bond donors (Lipinski definition) is 1. The Balaban J connectivity index is 1.87. The van der Waals surface area contributed by atoms with Gasteiger partial charge < -0.3 is 5.73 Å². The number of aryl methyl sites for hydroxylation is 1. The number of nitrogen functional groups attached to an aromatic ring is 1. The lowest BCUT2D eigenvalue weighted by atomic mass is 10.1. The molecule has 1 nitrogen and oxygen atoms in total. The molecule has 0 saturated heterocycles. The largest absolute Gasteiger partial charge is 0.399 e. The topological polar surface area (TPSA) is 26.0 Å². The molecule has 0 radical (unpaired) electrons. The molecular formula is C18H17NS. The zero-order valence-electron chi connectivity index (χ0n) is 11.5. The quantitative estimate of drug-likeness (QED) is 0.538. The second-order valence-corrected chi connectivity index (χ2v) is 5.97. The Labute approximate surface area is 123 Å². The van der Waals surface area contributed by atoms with E-state index in [-0.39, 0.29) is 0 Å². The van der Waals surface area contributed by atoms with E-state index in [0.29, 0.717) is 0 Å². The van der Waals surface area contributed by atoms with Gasteiger partial charge in [-0.05, 0) is 47.0 Å². The number of benzene rings is 3. The van der Waals surface area contributed by atoms with Crippen LogP contribution in [0.1, 0.15) is 11.1 Å². The zero-order chi connectivity index (χ0) is 13.9. The minimum atomic E-state index is 0.831. The first-order valence-corrected chi connectivity index (χ1v) is 7.68. The van der Waals surface area contributed by atoms with Crippen molar-refractivity contribution in [3.05, 3.63) is 71.8 Å². The van der Waals surface area contributed by atoms with Gasteiger partial charge in [0.1, 0.15) is 0 Å². The lowest BCUT2D eigenvalue weighted by Crippen LogP contribution is -1.88. The molecule has 0 saturated carbocycles. The van der Waals surface area contributed by atoms with Gasteiger partial charge in [0.05, 0.1) is 0 Å². The van der Waals surface area contributed by atoms with E-state index in [0.717, 1.165) is 11.4 Å². The van der Waals surface area contributed by atoms with Crippen molar-refractivity contribution in [2.24, 2.45) is 0 Å². The third-order valence-electron chi connectivity index (χ3n) is 3.46. The van der Waals surface area contributed by atoms with Crippen LogP contribution < -0.4 is 5.73 Å². The average Bonchev–Trinajstić information content (AvgIpc) is 2.46. The average molecular weight is 279 g/mol. The molecule has 100 valence electrons. The second kappa shape index (κ2) is 5.59. The van der Waals surface area contributed by atoms with E-state index in [4.69, 9.17) is 5.73 Å². The molecule has 0 heterocycles. The standard InChI is InChI=1S/C18H17NS/c1-13-11-16(19)9-10-18(13)20-12-15-7-4-6-14-5-2-3-8-17(14)15/h2-11H,12,19H2,1H3. The van der Waals surface area contributed by atoms with Gasteiger partial charge >= 0.3 is 0 Å². The molecule has 0 aromatic heterocycles. The number of thioether (sulfide) groups is 1. The summed E-state index contributed by atoms with van der Waals surface area (Å²) in [6, 6.07) is 21.2. The van der Waals surface area contributed by atoms with Crippen LogP contribution >= 0.6 is 11.8 Å². The molecule has 0 aliphatic carbocycles. The summed E-state index contributed by atoms with van der Waals surface area (Å²) in [5, 5.41) is 2.65. The van der Waals surface area contributed by atoms with Crippen LogP contribution in [0.25, 0.3) is 10.8 Å². The van der Waals surface area contributed by atoms with E-state index >= 15 is 0 Å². The molecule has 3 aromatic rings. The molecule has 0 aliphatic rings. The first-order chi connectivity index (χ1) is 9.74. The summed E-state index contributed by atoms with van der Waals surface area (Å²) in [7, 11) is 0. The molecule has 0 bridgehead atoms. The van der Waals surface area contributed by atoms with Crippen molar-refractivity contribution < 1.29 is 0 Å². The van der Waals surface area contributed by atoms with E-state index in [9.17, 15) is 0 Å². The van der Waals surface area contributed by atoms with Crippen molar-refractivity contribution in [1.82, 2.24) is 0 Å². The molecule has 2 heteroatoms. The zero-order valence-corrected chi connectivity index (χ0v) is 12.3. The fraction of sp³-hybridized carbons (Fsp3) is 0.111. The second-order valence-electron chi connectivity index (χ2n) is 4.95. The van der Waals surface area contributed by atoms with Gasteiger partial charge in [-0.2, -0.15) is 0 Å². The van der Waals surface area contributed by atoms with E-state index in [2.05, 4.69) is 55.5 Å². The van der Waals surface area contributed by atoms with Gasteiger partial charge in [0.2, 0.25) is 0 Å². The van der Waals surface area contributed by atoms with Crippen molar-refractivity contribution in [2.75, 3.05) is 5.73 Å². The van der Waals surface area contributed by atoms with Crippen molar-refractivity contribution in [3.8, 4) is 0 Å². The molecule has 0 fully saturated rings. The van der Waals surface area contributed by atoms with Crippen LogP contribution in [0.4, 0.5) is 5.69 Å². The summed E-state index contributed by atoms with van der Waals surface area (Å²) in [5.74, 6) is 0.978. The monoisotopic (exact) mass is 279 g/mol. The minimum Gasteiger partial charge on any atom is -0.399 e. The summed E-state index contributed by atoms with van der Waals surface area (Å²) >= 11 is 1.87. The maximum absolute atomic E-state index is 5.80. The Morgan fingerprint density at radius 3 is 2.60 bits per heavy atom. The van der Waals surface area contributed by atoms with E-state index in [1.54, 1.807) is 0 Å². The molecule has 0 aliphatic heterocycles. The number of hydrogen-bond acceptors (Lipinski definition) is 2.